The Morgan fingerprint density at radius 1 is 0.296 bits per heavy atom. The third-order valence-corrected chi connectivity index (χ3v) is 13.2. The summed E-state index contributed by atoms with van der Waals surface area (Å²) >= 11 is 0. The van der Waals surface area contributed by atoms with E-state index in [-0.39, 0.29) is 37.5 Å². The van der Waals surface area contributed by atoms with Gasteiger partial charge in [0.25, 0.3) is 0 Å². The van der Waals surface area contributed by atoms with Gasteiger partial charge >= 0.3 is 17.9 Å². The SMILES string of the molecule is CC/C=C\C/C=C\C/C=C\C/C=C\C/C=C\C/C=C\CCC(=O)OC[C@@H](COC(=O)CCCCCCCCCCCCCCCCC)OC(=O)CCCCCCCCCCCCCCCCCCCCC. The Morgan fingerprint density at radius 3 is 0.859 bits per heavy atom. The van der Waals surface area contributed by atoms with E-state index in [1.807, 2.05) is 6.08 Å². The van der Waals surface area contributed by atoms with Crippen molar-refractivity contribution in [3.8, 4) is 0 Å². The molecule has 0 saturated heterocycles. The molecule has 0 aliphatic carbocycles. The molecular formula is C65H114O6. The van der Waals surface area contributed by atoms with Gasteiger partial charge in [0.15, 0.2) is 6.10 Å². The highest BCUT2D eigenvalue weighted by atomic mass is 16.6. The van der Waals surface area contributed by atoms with Crippen LogP contribution in [0.25, 0.3) is 0 Å². The first-order valence-corrected chi connectivity index (χ1v) is 30.4. The molecule has 410 valence electrons. The van der Waals surface area contributed by atoms with Crippen molar-refractivity contribution in [3.05, 3.63) is 72.9 Å². The zero-order valence-corrected chi connectivity index (χ0v) is 47.0. The first-order valence-electron chi connectivity index (χ1n) is 30.4. The summed E-state index contributed by atoms with van der Waals surface area (Å²) in [6, 6.07) is 0. The van der Waals surface area contributed by atoms with E-state index in [2.05, 4.69) is 87.6 Å². The molecule has 0 aliphatic heterocycles. The lowest BCUT2D eigenvalue weighted by molar-refractivity contribution is -0.166. The predicted octanol–water partition coefficient (Wildman–Crippen LogP) is 20.5. The van der Waals surface area contributed by atoms with Gasteiger partial charge in [0.1, 0.15) is 13.2 Å². The van der Waals surface area contributed by atoms with Crippen molar-refractivity contribution in [2.45, 2.75) is 309 Å². The number of unbranched alkanes of at least 4 members (excludes halogenated alkanes) is 32. The maximum Gasteiger partial charge on any atom is 0.306 e. The number of rotatable bonds is 55. The zero-order chi connectivity index (χ0) is 51.4. The molecule has 0 N–H and O–H groups in total. The van der Waals surface area contributed by atoms with Gasteiger partial charge < -0.3 is 14.2 Å². The molecule has 6 heteroatoms. The number of allylic oxidation sites excluding steroid dienone is 12. The van der Waals surface area contributed by atoms with E-state index in [4.69, 9.17) is 14.2 Å². The van der Waals surface area contributed by atoms with Gasteiger partial charge in [0.05, 0.1) is 0 Å². The third-order valence-electron chi connectivity index (χ3n) is 13.2. The molecule has 0 saturated carbocycles. The van der Waals surface area contributed by atoms with Crippen LogP contribution in [0.3, 0.4) is 0 Å². The van der Waals surface area contributed by atoms with Crippen molar-refractivity contribution in [1.82, 2.24) is 0 Å². The molecule has 1 atom stereocenters. The summed E-state index contributed by atoms with van der Waals surface area (Å²) in [5.41, 5.74) is 0. The van der Waals surface area contributed by atoms with Crippen LogP contribution >= 0.6 is 0 Å². The van der Waals surface area contributed by atoms with E-state index in [0.29, 0.717) is 19.3 Å². The molecule has 0 aromatic carbocycles. The first kappa shape index (κ1) is 67.8. The van der Waals surface area contributed by atoms with Crippen molar-refractivity contribution < 1.29 is 28.6 Å². The monoisotopic (exact) mass is 991 g/mol. The molecule has 0 unspecified atom stereocenters. The second-order valence-electron chi connectivity index (χ2n) is 20.2. The number of hydrogen-bond acceptors (Lipinski definition) is 6. The fourth-order valence-corrected chi connectivity index (χ4v) is 8.71. The van der Waals surface area contributed by atoms with Gasteiger partial charge in [-0.05, 0) is 57.8 Å². The Bertz CT molecular complexity index is 1320. The van der Waals surface area contributed by atoms with Crippen molar-refractivity contribution in [3.63, 3.8) is 0 Å². The standard InChI is InChI=1S/C65H114O6/c1-4-7-10-13-16-19-22-25-28-30-32-34-37-40-43-46-49-52-55-58-64(67)70-61-62(60-69-63(66)57-54-51-48-45-42-39-36-27-24-21-18-15-12-9-6-3)71-65(68)59-56-53-50-47-44-41-38-35-33-31-29-26-23-20-17-14-11-8-5-2/h7,10,16,19,25,28,32,34,40,43,49,52,62H,4-6,8-9,11-15,17-18,20-24,26-27,29-31,33,35-39,41-42,44-48,50-51,53-61H2,1-3H3/b10-7-,19-16-,28-25-,34-32-,43-40-,52-49-/t62-/m1/s1. The van der Waals surface area contributed by atoms with E-state index in [0.717, 1.165) is 77.0 Å². The highest BCUT2D eigenvalue weighted by Crippen LogP contribution is 2.17. The van der Waals surface area contributed by atoms with Crippen LogP contribution in [0.5, 0.6) is 0 Å². The van der Waals surface area contributed by atoms with E-state index >= 15 is 0 Å². The average molecular weight is 992 g/mol. The lowest BCUT2D eigenvalue weighted by atomic mass is 10.0. The van der Waals surface area contributed by atoms with Crippen LogP contribution in [0, 0.1) is 0 Å². The molecule has 0 radical (unpaired) electrons. The highest BCUT2D eigenvalue weighted by molar-refractivity contribution is 5.71. The summed E-state index contributed by atoms with van der Waals surface area (Å²) in [4.78, 5) is 38.2. The average Bonchev–Trinajstić information content (AvgIpc) is 3.37. The number of carbonyl (C=O) groups is 3. The number of carbonyl (C=O) groups excluding carboxylic acids is 3. The molecule has 71 heavy (non-hydrogen) atoms. The maximum atomic E-state index is 12.9. The lowest BCUT2D eigenvalue weighted by Crippen LogP contribution is -2.30. The minimum absolute atomic E-state index is 0.0943. The normalized spacial score (nSPS) is 12.5. The summed E-state index contributed by atoms with van der Waals surface area (Å²) < 4.78 is 16.8. The van der Waals surface area contributed by atoms with Crippen LogP contribution in [0.4, 0.5) is 0 Å². The van der Waals surface area contributed by atoms with Gasteiger partial charge in [0, 0.05) is 19.3 Å². The fraction of sp³-hybridized carbons (Fsp3) is 0.769. The maximum absolute atomic E-state index is 12.9. The van der Waals surface area contributed by atoms with E-state index in [9.17, 15) is 14.4 Å². The lowest BCUT2D eigenvalue weighted by Gasteiger charge is -2.18. The van der Waals surface area contributed by atoms with Crippen molar-refractivity contribution >= 4 is 17.9 Å². The van der Waals surface area contributed by atoms with Gasteiger partial charge in [-0.1, -0.05) is 299 Å². The Hall–Kier alpha value is -3.15. The molecule has 0 aromatic heterocycles. The molecule has 6 nitrogen and oxygen atoms in total. The summed E-state index contributed by atoms with van der Waals surface area (Å²) in [6.45, 7) is 6.50. The smallest absolute Gasteiger partial charge is 0.306 e. The van der Waals surface area contributed by atoms with Gasteiger partial charge in [-0.25, -0.2) is 0 Å². The van der Waals surface area contributed by atoms with Gasteiger partial charge in [-0.15, -0.1) is 0 Å². The van der Waals surface area contributed by atoms with Crippen LogP contribution in [0.2, 0.25) is 0 Å². The predicted molar refractivity (Wildman–Crippen MR) is 307 cm³/mol. The largest absolute Gasteiger partial charge is 0.462 e. The first-order chi connectivity index (χ1) is 35.0. The summed E-state index contributed by atoms with van der Waals surface area (Å²) in [5, 5.41) is 0. The molecule has 0 aromatic rings. The quantitative estimate of drug-likeness (QED) is 0.0261. The Morgan fingerprint density at radius 2 is 0.549 bits per heavy atom. The Kier molecular flexibility index (Phi) is 56.8. The number of esters is 3. The molecule has 0 fully saturated rings. The molecular weight excluding hydrogens is 877 g/mol. The Balaban J connectivity index is 4.44. The minimum Gasteiger partial charge on any atom is -0.462 e. The molecule has 0 bridgehead atoms. The molecule has 0 heterocycles. The van der Waals surface area contributed by atoms with E-state index in [1.54, 1.807) is 0 Å². The zero-order valence-electron chi connectivity index (χ0n) is 47.0. The third kappa shape index (κ3) is 57.6. The van der Waals surface area contributed by atoms with Crippen molar-refractivity contribution in [2.24, 2.45) is 0 Å². The Labute approximate surface area is 440 Å². The second kappa shape index (κ2) is 59.4. The van der Waals surface area contributed by atoms with Crippen LogP contribution in [-0.4, -0.2) is 37.2 Å². The van der Waals surface area contributed by atoms with Crippen LogP contribution < -0.4 is 0 Å². The van der Waals surface area contributed by atoms with Gasteiger partial charge in [-0.2, -0.15) is 0 Å². The second-order valence-corrected chi connectivity index (χ2v) is 20.2. The van der Waals surface area contributed by atoms with E-state index < -0.39 is 6.10 Å². The number of ether oxygens (including phenoxy) is 3. The molecule has 0 aliphatic rings. The fourth-order valence-electron chi connectivity index (χ4n) is 8.71. The van der Waals surface area contributed by atoms with Crippen LogP contribution in [0.15, 0.2) is 72.9 Å². The summed E-state index contributed by atoms with van der Waals surface area (Å²) in [6.07, 6.45) is 76.2. The topological polar surface area (TPSA) is 78.9 Å². The summed E-state index contributed by atoms with van der Waals surface area (Å²) in [5.74, 6) is -0.966. The van der Waals surface area contributed by atoms with Crippen LogP contribution in [0.1, 0.15) is 303 Å². The van der Waals surface area contributed by atoms with E-state index in [1.165, 1.54) is 180 Å². The highest BCUT2D eigenvalue weighted by Gasteiger charge is 2.19. The van der Waals surface area contributed by atoms with Gasteiger partial charge in [0.2, 0.25) is 0 Å². The molecule has 0 amide bonds. The van der Waals surface area contributed by atoms with Crippen molar-refractivity contribution in [2.75, 3.05) is 13.2 Å². The summed E-state index contributed by atoms with van der Waals surface area (Å²) in [7, 11) is 0. The molecule has 0 spiro atoms. The van der Waals surface area contributed by atoms with Gasteiger partial charge in [-0.3, -0.25) is 14.4 Å². The molecule has 0 rings (SSSR count). The minimum atomic E-state index is -0.803. The number of hydrogen-bond donors (Lipinski definition) is 0. The van der Waals surface area contributed by atoms with Crippen molar-refractivity contribution in [1.29, 1.82) is 0 Å². The van der Waals surface area contributed by atoms with Crippen LogP contribution in [-0.2, 0) is 28.6 Å².